The molecule has 4 nitrogen and oxygen atoms in total. The lowest BCUT2D eigenvalue weighted by Gasteiger charge is -2.15. The van der Waals surface area contributed by atoms with Crippen LogP contribution in [0.3, 0.4) is 0 Å². The van der Waals surface area contributed by atoms with E-state index in [4.69, 9.17) is 26.8 Å². The van der Waals surface area contributed by atoms with Crippen molar-refractivity contribution in [3.63, 3.8) is 0 Å². The van der Waals surface area contributed by atoms with Crippen LogP contribution in [0.5, 0.6) is 5.75 Å². The maximum absolute atomic E-state index is 11.7. The Bertz CT molecular complexity index is 660. The van der Waals surface area contributed by atoms with E-state index in [9.17, 15) is 4.79 Å². The van der Waals surface area contributed by atoms with Gasteiger partial charge in [0.1, 0.15) is 18.4 Å². The minimum Gasteiger partial charge on any atom is -0.489 e. The topological polar surface area (TPSA) is 61.5 Å². The average molecular weight is 334 g/mol. The Kier molecular flexibility index (Phi) is 6.44. The van der Waals surface area contributed by atoms with Crippen LogP contribution in [0, 0.1) is 0 Å². The number of hydrogen-bond donors (Lipinski definition) is 1. The Morgan fingerprint density at radius 2 is 1.78 bits per heavy atom. The van der Waals surface area contributed by atoms with Crippen LogP contribution in [0.1, 0.15) is 18.1 Å². The predicted molar refractivity (Wildman–Crippen MR) is 90.5 cm³/mol. The van der Waals surface area contributed by atoms with Crippen LogP contribution in [0.15, 0.2) is 48.5 Å². The molecule has 0 aliphatic carbocycles. The summed E-state index contributed by atoms with van der Waals surface area (Å²) in [7, 11) is 0. The molecular weight excluding hydrogens is 314 g/mol. The fourth-order valence-corrected chi connectivity index (χ4v) is 2.34. The van der Waals surface area contributed by atoms with Crippen molar-refractivity contribution in [2.45, 2.75) is 26.0 Å². The van der Waals surface area contributed by atoms with Crippen molar-refractivity contribution in [2.75, 3.05) is 6.61 Å². The first kappa shape index (κ1) is 17.3. The van der Waals surface area contributed by atoms with Gasteiger partial charge in [-0.05, 0) is 24.6 Å². The van der Waals surface area contributed by atoms with Gasteiger partial charge in [0.15, 0.2) is 0 Å². The van der Waals surface area contributed by atoms with Crippen molar-refractivity contribution >= 4 is 17.6 Å². The largest absolute Gasteiger partial charge is 0.489 e. The Labute approximate surface area is 141 Å². The molecule has 0 fully saturated rings. The lowest BCUT2D eigenvalue weighted by molar-refractivity contribution is -0.144. The van der Waals surface area contributed by atoms with E-state index in [-0.39, 0.29) is 0 Å². The van der Waals surface area contributed by atoms with E-state index >= 15 is 0 Å². The summed E-state index contributed by atoms with van der Waals surface area (Å²) in [5.41, 5.74) is 7.65. The summed E-state index contributed by atoms with van der Waals surface area (Å²) in [4.78, 5) is 11.7. The fourth-order valence-electron chi connectivity index (χ4n) is 2.15. The number of rotatable bonds is 7. The van der Waals surface area contributed by atoms with Gasteiger partial charge in [-0.15, -0.1) is 0 Å². The highest BCUT2D eigenvalue weighted by Crippen LogP contribution is 2.23. The van der Waals surface area contributed by atoms with E-state index in [1.807, 2.05) is 48.5 Å². The summed E-state index contributed by atoms with van der Waals surface area (Å²) in [5, 5.41) is 0.660. The minimum absolute atomic E-state index is 0.317. The molecule has 0 bridgehead atoms. The highest BCUT2D eigenvalue weighted by molar-refractivity contribution is 6.31. The molecule has 1 atom stereocenters. The third-order valence-electron chi connectivity index (χ3n) is 3.34. The predicted octanol–water partition coefficient (Wildman–Crippen LogP) is 3.35. The lowest BCUT2D eigenvalue weighted by Crippen LogP contribution is -2.34. The molecule has 0 saturated heterocycles. The van der Waals surface area contributed by atoms with Gasteiger partial charge in [0.05, 0.1) is 6.61 Å². The maximum Gasteiger partial charge on any atom is 0.323 e. The first-order valence-corrected chi connectivity index (χ1v) is 7.86. The molecule has 5 heteroatoms. The van der Waals surface area contributed by atoms with Crippen LogP contribution in [-0.2, 0) is 22.6 Å². The average Bonchev–Trinajstić information content (AvgIpc) is 2.55. The number of nitrogens with two attached hydrogens (primary N) is 1. The van der Waals surface area contributed by atoms with Gasteiger partial charge in [0, 0.05) is 17.0 Å². The molecule has 23 heavy (non-hydrogen) atoms. The van der Waals surface area contributed by atoms with Gasteiger partial charge < -0.3 is 15.2 Å². The van der Waals surface area contributed by atoms with Crippen molar-refractivity contribution in [1.29, 1.82) is 0 Å². The van der Waals surface area contributed by atoms with Gasteiger partial charge in [-0.3, -0.25) is 4.79 Å². The molecule has 1 unspecified atom stereocenters. The molecule has 0 saturated carbocycles. The van der Waals surface area contributed by atoms with Crippen molar-refractivity contribution < 1.29 is 14.3 Å². The SMILES string of the molecule is CCOC(=O)C(N)Cc1ccccc1OCc1ccccc1Cl. The van der Waals surface area contributed by atoms with Crippen LogP contribution >= 0.6 is 11.6 Å². The number of esters is 1. The molecule has 122 valence electrons. The highest BCUT2D eigenvalue weighted by Gasteiger charge is 2.17. The van der Waals surface area contributed by atoms with Gasteiger partial charge in [0.25, 0.3) is 0 Å². The molecule has 2 aromatic carbocycles. The van der Waals surface area contributed by atoms with Crippen molar-refractivity contribution in [3.05, 3.63) is 64.7 Å². The van der Waals surface area contributed by atoms with Crippen LogP contribution < -0.4 is 10.5 Å². The normalized spacial score (nSPS) is 11.8. The number of para-hydroxylation sites is 1. The first-order valence-electron chi connectivity index (χ1n) is 7.48. The molecular formula is C18H20ClNO3. The minimum atomic E-state index is -0.708. The number of carbonyl (C=O) groups excluding carboxylic acids is 1. The van der Waals surface area contributed by atoms with Gasteiger partial charge in [-0.2, -0.15) is 0 Å². The Balaban J connectivity index is 2.05. The molecule has 0 spiro atoms. The third kappa shape index (κ3) is 4.98. The second kappa shape index (κ2) is 8.56. The maximum atomic E-state index is 11.7. The van der Waals surface area contributed by atoms with Crippen molar-refractivity contribution in [2.24, 2.45) is 5.73 Å². The van der Waals surface area contributed by atoms with Gasteiger partial charge in [0.2, 0.25) is 0 Å². The number of benzene rings is 2. The number of carbonyl (C=O) groups is 1. The van der Waals surface area contributed by atoms with E-state index in [2.05, 4.69) is 0 Å². The van der Waals surface area contributed by atoms with Crippen molar-refractivity contribution in [1.82, 2.24) is 0 Å². The van der Waals surface area contributed by atoms with Gasteiger partial charge in [-0.1, -0.05) is 48.0 Å². The summed E-state index contributed by atoms with van der Waals surface area (Å²) in [6.07, 6.45) is 0.359. The zero-order valence-electron chi connectivity index (χ0n) is 13.0. The smallest absolute Gasteiger partial charge is 0.323 e. The summed E-state index contributed by atoms with van der Waals surface area (Å²) < 4.78 is 10.8. The summed E-state index contributed by atoms with van der Waals surface area (Å²) in [5.74, 6) is 0.278. The van der Waals surface area contributed by atoms with Crippen molar-refractivity contribution in [3.8, 4) is 5.75 Å². The molecule has 2 N–H and O–H groups in total. The number of ether oxygens (including phenoxy) is 2. The van der Waals surface area contributed by atoms with Crippen LogP contribution in [-0.4, -0.2) is 18.6 Å². The second-order valence-electron chi connectivity index (χ2n) is 5.05. The molecule has 0 radical (unpaired) electrons. The standard InChI is InChI=1S/C18H20ClNO3/c1-2-22-18(21)16(20)11-13-7-4-6-10-17(13)23-12-14-8-3-5-9-15(14)19/h3-10,16H,2,11-12,20H2,1H3. The van der Waals surface area contributed by atoms with E-state index in [0.717, 1.165) is 11.1 Å². The second-order valence-corrected chi connectivity index (χ2v) is 5.46. The molecule has 0 heterocycles. The molecule has 0 amide bonds. The number of halogens is 1. The van der Waals surface area contributed by atoms with E-state index in [1.54, 1.807) is 6.92 Å². The van der Waals surface area contributed by atoms with E-state index in [1.165, 1.54) is 0 Å². The molecule has 0 aromatic heterocycles. The fraction of sp³-hybridized carbons (Fsp3) is 0.278. The monoisotopic (exact) mass is 333 g/mol. The first-order chi connectivity index (χ1) is 11.1. The van der Waals surface area contributed by atoms with Crippen LogP contribution in [0.2, 0.25) is 5.02 Å². The molecule has 0 aliphatic rings. The van der Waals surface area contributed by atoms with E-state index < -0.39 is 12.0 Å². The Morgan fingerprint density at radius 1 is 1.13 bits per heavy atom. The zero-order chi connectivity index (χ0) is 16.7. The van der Waals surface area contributed by atoms with Crippen LogP contribution in [0.4, 0.5) is 0 Å². The highest BCUT2D eigenvalue weighted by atomic mass is 35.5. The van der Waals surface area contributed by atoms with Crippen LogP contribution in [0.25, 0.3) is 0 Å². The Morgan fingerprint density at radius 3 is 2.48 bits per heavy atom. The third-order valence-corrected chi connectivity index (χ3v) is 3.71. The summed E-state index contributed by atoms with van der Waals surface area (Å²) in [6, 6.07) is 14.3. The Hall–Kier alpha value is -2.04. The van der Waals surface area contributed by atoms with Gasteiger partial charge >= 0.3 is 5.97 Å². The molecule has 2 rings (SSSR count). The quantitative estimate of drug-likeness (QED) is 0.789. The molecule has 2 aromatic rings. The van der Waals surface area contributed by atoms with E-state index in [0.29, 0.717) is 30.4 Å². The van der Waals surface area contributed by atoms with Gasteiger partial charge in [-0.25, -0.2) is 0 Å². The molecule has 0 aliphatic heterocycles. The summed E-state index contributed by atoms with van der Waals surface area (Å²) in [6.45, 7) is 2.42. The number of hydrogen-bond acceptors (Lipinski definition) is 4. The lowest BCUT2D eigenvalue weighted by atomic mass is 10.1. The summed E-state index contributed by atoms with van der Waals surface area (Å²) >= 11 is 6.13. The zero-order valence-corrected chi connectivity index (χ0v) is 13.8.